The number of aromatic amines is 2. The number of H-pyrrole nitrogens is 2. The van der Waals surface area contributed by atoms with Gasteiger partial charge in [0.15, 0.2) is 0 Å². The van der Waals surface area contributed by atoms with Gasteiger partial charge in [-0.25, -0.2) is 0 Å². The lowest BCUT2D eigenvalue weighted by atomic mass is 9.81. The Morgan fingerprint density at radius 2 is 1.81 bits per heavy atom. The molecule has 0 spiro atoms. The van der Waals surface area contributed by atoms with Crippen LogP contribution in [0.3, 0.4) is 0 Å². The van der Waals surface area contributed by atoms with E-state index in [1.54, 1.807) is 26.0 Å². The van der Waals surface area contributed by atoms with Crippen molar-refractivity contribution >= 4 is 23.0 Å². The number of fused-ring (bicyclic) bond motifs is 1. The first kappa shape index (κ1) is 22.5. The predicted molar refractivity (Wildman–Crippen MR) is 121 cm³/mol. The van der Waals surface area contributed by atoms with Gasteiger partial charge in [0, 0.05) is 23.0 Å². The van der Waals surface area contributed by atoms with E-state index in [0.29, 0.717) is 17.0 Å². The lowest BCUT2D eigenvalue weighted by molar-refractivity contribution is -0.0469. The van der Waals surface area contributed by atoms with Crippen molar-refractivity contribution in [3.05, 3.63) is 68.4 Å². The third kappa shape index (κ3) is 4.45. The summed E-state index contributed by atoms with van der Waals surface area (Å²) in [5, 5.41) is 30.5. The van der Waals surface area contributed by atoms with Crippen molar-refractivity contribution < 1.29 is 15.3 Å². The van der Waals surface area contributed by atoms with Crippen molar-refractivity contribution in [3.8, 4) is 5.88 Å². The number of allylic oxidation sites excluding steroid dienone is 2. The van der Waals surface area contributed by atoms with E-state index in [0.717, 1.165) is 11.1 Å². The molecule has 1 aromatic carbocycles. The van der Waals surface area contributed by atoms with E-state index in [9.17, 15) is 24.9 Å². The van der Waals surface area contributed by atoms with Crippen LogP contribution in [0.5, 0.6) is 5.88 Å². The number of aromatic hydroxyl groups is 1. The van der Waals surface area contributed by atoms with E-state index < -0.39 is 34.1 Å². The highest BCUT2D eigenvalue weighted by Gasteiger charge is 2.32. The standard InChI is InChI=1S/C23H27N3O5/c1-6-22(2,3)18-14(11-16-19(28)26-21(30)20(29)25-16)13-9-12(7-8-15(13)24-18)10-17(27)23(4,5)31/h6-9,11,17,27,31H,1,10H2,2-5H3,(H,25,29)(H2,26,28,30)/b14-11-/t17-/m0/s1. The van der Waals surface area contributed by atoms with Gasteiger partial charge in [-0.2, -0.15) is 0 Å². The first-order chi connectivity index (χ1) is 14.3. The molecule has 2 aromatic rings. The summed E-state index contributed by atoms with van der Waals surface area (Å²) >= 11 is 0. The molecule has 1 aliphatic rings. The average molecular weight is 425 g/mol. The lowest BCUT2D eigenvalue weighted by Crippen LogP contribution is -2.37. The largest absolute Gasteiger partial charge is 0.493 e. The van der Waals surface area contributed by atoms with Crippen LogP contribution >= 0.6 is 0 Å². The smallest absolute Gasteiger partial charge is 0.316 e. The van der Waals surface area contributed by atoms with E-state index in [2.05, 4.69) is 16.5 Å². The van der Waals surface area contributed by atoms with Gasteiger partial charge in [0.25, 0.3) is 0 Å². The highest BCUT2D eigenvalue weighted by atomic mass is 16.3. The third-order valence-electron chi connectivity index (χ3n) is 5.43. The summed E-state index contributed by atoms with van der Waals surface area (Å²) in [6.07, 6.45) is 2.56. The Morgan fingerprint density at radius 3 is 2.42 bits per heavy atom. The van der Waals surface area contributed by atoms with Gasteiger partial charge in [-0.15, -0.1) is 6.58 Å². The Bertz CT molecular complexity index is 1210. The zero-order valence-corrected chi connectivity index (χ0v) is 18.0. The van der Waals surface area contributed by atoms with E-state index in [1.807, 2.05) is 32.0 Å². The Balaban J connectivity index is 2.16. The molecule has 0 saturated carbocycles. The molecule has 0 unspecified atom stereocenters. The predicted octanol–water partition coefficient (Wildman–Crippen LogP) is 2.28. The van der Waals surface area contributed by atoms with Gasteiger partial charge in [-0.05, 0) is 37.6 Å². The number of hydrogen-bond acceptors (Lipinski definition) is 6. The van der Waals surface area contributed by atoms with Gasteiger partial charge in [0.2, 0.25) is 5.88 Å². The van der Waals surface area contributed by atoms with Crippen molar-refractivity contribution in [2.45, 2.75) is 45.8 Å². The third-order valence-corrected chi connectivity index (χ3v) is 5.43. The Labute approximate surface area is 179 Å². The molecule has 0 amide bonds. The molecule has 1 aromatic heterocycles. The normalized spacial score (nSPS) is 16.2. The second-order valence-electron chi connectivity index (χ2n) is 8.84. The van der Waals surface area contributed by atoms with E-state index in [1.165, 1.54) is 0 Å². The number of aliphatic imine (C=N–C) groups is 1. The first-order valence-corrected chi connectivity index (χ1v) is 9.87. The van der Waals surface area contributed by atoms with Crippen molar-refractivity contribution in [2.75, 3.05) is 0 Å². The van der Waals surface area contributed by atoms with Crippen LogP contribution in [0.25, 0.3) is 11.6 Å². The van der Waals surface area contributed by atoms with E-state index >= 15 is 0 Å². The summed E-state index contributed by atoms with van der Waals surface area (Å²) in [5.74, 6) is -0.463. The summed E-state index contributed by atoms with van der Waals surface area (Å²) in [6, 6.07) is 5.50. The number of aromatic nitrogens is 2. The fourth-order valence-electron chi connectivity index (χ4n) is 3.26. The zero-order valence-electron chi connectivity index (χ0n) is 18.0. The van der Waals surface area contributed by atoms with Crippen LogP contribution in [0.4, 0.5) is 5.69 Å². The second kappa shape index (κ2) is 7.79. The molecule has 1 atom stereocenters. The number of rotatable bonds is 6. The molecule has 0 aliphatic carbocycles. The maximum absolute atomic E-state index is 11.8. The quantitative estimate of drug-likeness (QED) is 0.357. The molecule has 1 aliphatic heterocycles. The number of hydrogen-bond donors (Lipinski definition) is 5. The molecule has 8 heteroatoms. The fourth-order valence-corrected chi connectivity index (χ4v) is 3.26. The van der Waals surface area contributed by atoms with Crippen LogP contribution < -0.4 is 11.1 Å². The molecule has 3 rings (SSSR count). The number of benzene rings is 1. The summed E-state index contributed by atoms with van der Waals surface area (Å²) in [4.78, 5) is 32.5. The minimum Gasteiger partial charge on any atom is -0.493 e. The van der Waals surface area contributed by atoms with Crippen LogP contribution in [0.15, 0.2) is 45.4 Å². The molecule has 0 fully saturated rings. The molecule has 8 nitrogen and oxygen atoms in total. The van der Waals surface area contributed by atoms with Crippen LogP contribution in [-0.4, -0.2) is 42.7 Å². The average Bonchev–Trinajstić information content (AvgIpc) is 3.04. The van der Waals surface area contributed by atoms with Crippen molar-refractivity contribution in [2.24, 2.45) is 10.4 Å². The molecule has 0 saturated heterocycles. The summed E-state index contributed by atoms with van der Waals surface area (Å²) in [7, 11) is 0. The highest BCUT2D eigenvalue weighted by molar-refractivity contribution is 6.34. The number of aliphatic hydroxyl groups is 2. The Hall–Kier alpha value is -3.23. The molecule has 31 heavy (non-hydrogen) atoms. The maximum atomic E-state index is 11.8. The Kier molecular flexibility index (Phi) is 5.64. The van der Waals surface area contributed by atoms with Gasteiger partial charge in [0.1, 0.15) is 5.69 Å². The number of nitrogens with one attached hydrogen (secondary N) is 2. The molecule has 164 valence electrons. The van der Waals surface area contributed by atoms with Crippen LogP contribution in [0.1, 0.15) is 44.5 Å². The first-order valence-electron chi connectivity index (χ1n) is 9.87. The van der Waals surface area contributed by atoms with Crippen LogP contribution in [0.2, 0.25) is 0 Å². The number of aliphatic hydroxyl groups excluding tert-OH is 1. The summed E-state index contributed by atoms with van der Waals surface area (Å²) in [6.45, 7) is 10.8. The van der Waals surface area contributed by atoms with Crippen molar-refractivity contribution in [3.63, 3.8) is 0 Å². The van der Waals surface area contributed by atoms with Crippen LogP contribution in [0, 0.1) is 5.41 Å². The lowest BCUT2D eigenvalue weighted by Gasteiger charge is -2.24. The maximum Gasteiger partial charge on any atom is 0.316 e. The van der Waals surface area contributed by atoms with E-state index in [4.69, 9.17) is 4.99 Å². The molecule has 0 radical (unpaired) electrons. The van der Waals surface area contributed by atoms with Gasteiger partial charge in [-0.1, -0.05) is 26.0 Å². The van der Waals surface area contributed by atoms with Gasteiger partial charge < -0.3 is 20.3 Å². The van der Waals surface area contributed by atoms with Crippen molar-refractivity contribution in [1.29, 1.82) is 0 Å². The van der Waals surface area contributed by atoms with Gasteiger partial charge in [-0.3, -0.25) is 19.6 Å². The molecule has 5 N–H and O–H groups in total. The monoisotopic (exact) mass is 425 g/mol. The van der Waals surface area contributed by atoms with Gasteiger partial charge in [0.05, 0.1) is 23.1 Å². The van der Waals surface area contributed by atoms with Gasteiger partial charge >= 0.3 is 11.1 Å². The minimum atomic E-state index is -1.26. The fraction of sp³-hybridized carbons (Fsp3) is 0.348. The van der Waals surface area contributed by atoms with Crippen LogP contribution in [-0.2, 0) is 6.42 Å². The SMILES string of the molecule is C=CC(C)(C)C1=Nc2ccc(C[C@H](O)C(C)(C)O)cc2/C1=C/c1[nH]c(=O)c(=O)[nH]c1O. The number of nitrogens with zero attached hydrogens (tertiary/aromatic N) is 1. The summed E-state index contributed by atoms with van der Waals surface area (Å²) in [5.41, 5.74) is -0.0714. The van der Waals surface area contributed by atoms with E-state index in [-0.39, 0.29) is 12.1 Å². The summed E-state index contributed by atoms with van der Waals surface area (Å²) < 4.78 is 0. The topological polar surface area (TPSA) is 139 Å². The molecular weight excluding hydrogens is 398 g/mol. The Morgan fingerprint density at radius 1 is 1.16 bits per heavy atom. The highest BCUT2D eigenvalue weighted by Crippen LogP contribution is 2.43. The zero-order chi connectivity index (χ0) is 23.1. The molecule has 0 bridgehead atoms. The second-order valence-corrected chi connectivity index (χ2v) is 8.84. The molecule has 2 heterocycles. The van der Waals surface area contributed by atoms with Crippen molar-refractivity contribution in [1.82, 2.24) is 9.97 Å². The minimum absolute atomic E-state index is 0.0435. The molecular formula is C23H27N3O5.